The molecule has 9 heteroatoms. The first kappa shape index (κ1) is 16.9. The Bertz CT molecular complexity index is 780. The third-order valence-electron chi connectivity index (χ3n) is 4.13. The van der Waals surface area contributed by atoms with E-state index in [4.69, 9.17) is 10.5 Å². The smallest absolute Gasteiger partial charge is 0.243 e. The van der Waals surface area contributed by atoms with Crippen LogP contribution in [0.25, 0.3) is 0 Å². The number of nitrogens with two attached hydrogens (primary N) is 1. The number of aryl methyl sites for hydroxylation is 1. The van der Waals surface area contributed by atoms with Gasteiger partial charge < -0.3 is 10.5 Å². The zero-order chi connectivity index (χ0) is 17.2. The number of sulfonamides is 1. The molecule has 24 heavy (non-hydrogen) atoms. The molecule has 0 radical (unpaired) electrons. The molecule has 3 rings (SSSR count). The van der Waals surface area contributed by atoms with E-state index in [9.17, 15) is 8.42 Å². The third kappa shape index (κ3) is 3.58. The fraction of sp³-hybridized carbons (Fsp3) is 0.467. The van der Waals surface area contributed by atoms with Crippen LogP contribution < -0.4 is 10.5 Å². The summed E-state index contributed by atoms with van der Waals surface area (Å²) in [6.45, 7) is 1.20. The molecule has 0 bridgehead atoms. The molecule has 1 aliphatic rings. The molecule has 0 amide bonds. The minimum absolute atomic E-state index is 0.0906. The van der Waals surface area contributed by atoms with Gasteiger partial charge >= 0.3 is 0 Å². The average Bonchev–Trinajstić information content (AvgIpc) is 2.99. The molecule has 0 aliphatic carbocycles. The first-order valence-electron chi connectivity index (χ1n) is 7.78. The van der Waals surface area contributed by atoms with Crippen LogP contribution in [0.5, 0.6) is 5.75 Å². The summed E-state index contributed by atoms with van der Waals surface area (Å²) in [5, 5.41) is 3.96. The summed E-state index contributed by atoms with van der Waals surface area (Å²) in [6, 6.07) is 6.52. The Morgan fingerprint density at radius 1 is 1.25 bits per heavy atom. The van der Waals surface area contributed by atoms with Crippen LogP contribution in [-0.2, 0) is 23.7 Å². The van der Waals surface area contributed by atoms with Crippen molar-refractivity contribution in [2.75, 3.05) is 13.1 Å². The fourth-order valence-electron chi connectivity index (χ4n) is 2.57. The van der Waals surface area contributed by atoms with E-state index in [1.807, 2.05) is 0 Å². The van der Waals surface area contributed by atoms with Crippen LogP contribution in [0.1, 0.15) is 18.7 Å². The van der Waals surface area contributed by atoms with E-state index in [-0.39, 0.29) is 17.5 Å². The molecular formula is C15H21N5O3S. The molecule has 0 saturated carbocycles. The average molecular weight is 351 g/mol. The normalized spacial score (nSPS) is 17.1. The number of rotatable bonds is 5. The SMILES string of the molecule is Cn1ncnc1COc1ccc(S(=O)(=O)N2CCC(N)CC2)cc1. The molecule has 8 nitrogen and oxygen atoms in total. The molecule has 130 valence electrons. The molecule has 1 fully saturated rings. The number of aromatic nitrogens is 3. The van der Waals surface area contributed by atoms with Gasteiger partial charge in [0.05, 0.1) is 4.90 Å². The second-order valence-electron chi connectivity index (χ2n) is 5.80. The lowest BCUT2D eigenvalue weighted by Crippen LogP contribution is -2.42. The van der Waals surface area contributed by atoms with Gasteiger partial charge in [0.15, 0.2) is 5.82 Å². The van der Waals surface area contributed by atoms with E-state index >= 15 is 0 Å². The molecule has 1 aliphatic heterocycles. The summed E-state index contributed by atoms with van der Waals surface area (Å²) in [4.78, 5) is 4.34. The van der Waals surface area contributed by atoms with Crippen molar-refractivity contribution in [3.05, 3.63) is 36.4 Å². The number of nitrogens with zero attached hydrogens (tertiary/aromatic N) is 4. The maximum Gasteiger partial charge on any atom is 0.243 e. The largest absolute Gasteiger partial charge is 0.486 e. The van der Waals surface area contributed by atoms with E-state index in [0.717, 1.165) is 0 Å². The lowest BCUT2D eigenvalue weighted by molar-refractivity contribution is 0.289. The van der Waals surface area contributed by atoms with Gasteiger partial charge in [0, 0.05) is 26.2 Å². The molecule has 2 N–H and O–H groups in total. The summed E-state index contributed by atoms with van der Waals surface area (Å²) in [5.41, 5.74) is 5.83. The van der Waals surface area contributed by atoms with E-state index in [1.165, 1.54) is 10.6 Å². The lowest BCUT2D eigenvalue weighted by Gasteiger charge is -2.29. The maximum atomic E-state index is 12.6. The van der Waals surface area contributed by atoms with Crippen LogP contribution in [0.2, 0.25) is 0 Å². The van der Waals surface area contributed by atoms with Gasteiger partial charge in [-0.05, 0) is 37.1 Å². The second kappa shape index (κ2) is 6.88. The standard InChI is InChI=1S/C15H21N5O3S/c1-19-15(17-11-18-19)10-23-13-2-4-14(5-3-13)24(21,22)20-8-6-12(16)7-9-20/h2-5,11-12H,6-10,16H2,1H3. The zero-order valence-corrected chi connectivity index (χ0v) is 14.3. The minimum atomic E-state index is -3.47. The van der Waals surface area contributed by atoms with Crippen LogP contribution >= 0.6 is 0 Å². The molecule has 0 atom stereocenters. The topological polar surface area (TPSA) is 103 Å². The highest BCUT2D eigenvalue weighted by atomic mass is 32.2. The van der Waals surface area contributed by atoms with Crippen molar-refractivity contribution in [1.29, 1.82) is 0 Å². The zero-order valence-electron chi connectivity index (χ0n) is 13.5. The Morgan fingerprint density at radius 3 is 2.50 bits per heavy atom. The van der Waals surface area contributed by atoms with Crippen LogP contribution in [0.3, 0.4) is 0 Å². The first-order valence-corrected chi connectivity index (χ1v) is 9.22. The van der Waals surface area contributed by atoms with Crippen LogP contribution in [0, 0.1) is 0 Å². The van der Waals surface area contributed by atoms with Gasteiger partial charge in [-0.2, -0.15) is 9.40 Å². The van der Waals surface area contributed by atoms with Gasteiger partial charge in [-0.15, -0.1) is 0 Å². The van der Waals surface area contributed by atoms with Gasteiger partial charge in [-0.1, -0.05) is 0 Å². The molecule has 1 aromatic carbocycles. The van der Waals surface area contributed by atoms with E-state index < -0.39 is 10.0 Å². The fourth-order valence-corrected chi connectivity index (χ4v) is 4.04. The number of hydrogen-bond donors (Lipinski definition) is 1. The highest BCUT2D eigenvalue weighted by molar-refractivity contribution is 7.89. The van der Waals surface area contributed by atoms with Gasteiger partial charge in [-0.3, -0.25) is 4.68 Å². The number of benzene rings is 1. The molecule has 2 aromatic rings. The minimum Gasteiger partial charge on any atom is -0.486 e. The van der Waals surface area contributed by atoms with Crippen molar-refractivity contribution in [1.82, 2.24) is 19.1 Å². The molecule has 1 aromatic heterocycles. The summed E-state index contributed by atoms with van der Waals surface area (Å²) in [5.74, 6) is 1.27. The Kier molecular flexibility index (Phi) is 4.83. The quantitative estimate of drug-likeness (QED) is 0.842. The van der Waals surface area contributed by atoms with Crippen LogP contribution in [0.15, 0.2) is 35.5 Å². The Morgan fingerprint density at radius 2 is 1.92 bits per heavy atom. The number of ether oxygens (including phenoxy) is 1. The molecule has 1 saturated heterocycles. The lowest BCUT2D eigenvalue weighted by atomic mass is 10.1. The summed E-state index contributed by atoms with van der Waals surface area (Å²) >= 11 is 0. The van der Waals surface area contributed by atoms with Gasteiger partial charge in [0.2, 0.25) is 10.0 Å². The summed E-state index contributed by atoms with van der Waals surface area (Å²) in [6.07, 6.45) is 2.84. The Labute approximate surface area is 141 Å². The molecule has 2 heterocycles. The maximum absolute atomic E-state index is 12.6. The summed E-state index contributed by atoms with van der Waals surface area (Å²) < 4.78 is 34.0. The first-order chi connectivity index (χ1) is 11.5. The molecular weight excluding hydrogens is 330 g/mol. The highest BCUT2D eigenvalue weighted by Gasteiger charge is 2.28. The predicted molar refractivity (Wildman–Crippen MR) is 87.7 cm³/mol. The highest BCUT2D eigenvalue weighted by Crippen LogP contribution is 2.22. The molecule has 0 spiro atoms. The van der Waals surface area contributed by atoms with Crippen molar-refractivity contribution in [2.45, 2.75) is 30.4 Å². The number of piperidine rings is 1. The van der Waals surface area contributed by atoms with E-state index in [1.54, 1.807) is 36.0 Å². The van der Waals surface area contributed by atoms with Crippen molar-refractivity contribution in [2.24, 2.45) is 12.8 Å². The van der Waals surface area contributed by atoms with Gasteiger partial charge in [0.1, 0.15) is 18.7 Å². The van der Waals surface area contributed by atoms with E-state index in [2.05, 4.69) is 10.1 Å². The van der Waals surface area contributed by atoms with Crippen LogP contribution in [0.4, 0.5) is 0 Å². The van der Waals surface area contributed by atoms with Gasteiger partial charge in [0.25, 0.3) is 0 Å². The van der Waals surface area contributed by atoms with Crippen LogP contribution in [-0.4, -0.2) is 46.6 Å². The summed E-state index contributed by atoms with van der Waals surface area (Å²) in [7, 11) is -1.69. The third-order valence-corrected chi connectivity index (χ3v) is 6.05. The number of hydrogen-bond acceptors (Lipinski definition) is 6. The van der Waals surface area contributed by atoms with Crippen molar-refractivity contribution < 1.29 is 13.2 Å². The Balaban J connectivity index is 1.66. The monoisotopic (exact) mass is 351 g/mol. The van der Waals surface area contributed by atoms with Gasteiger partial charge in [-0.25, -0.2) is 13.4 Å². The van der Waals surface area contributed by atoms with E-state index in [0.29, 0.717) is 37.5 Å². The Hall–Kier alpha value is -1.97. The predicted octanol–water partition coefficient (Wildman–Crippen LogP) is 0.506. The van der Waals surface area contributed by atoms with Crippen molar-refractivity contribution >= 4 is 10.0 Å². The van der Waals surface area contributed by atoms with Crippen molar-refractivity contribution in [3.63, 3.8) is 0 Å². The second-order valence-corrected chi connectivity index (χ2v) is 7.74. The molecule has 0 unspecified atom stereocenters. The van der Waals surface area contributed by atoms with Crippen molar-refractivity contribution in [3.8, 4) is 5.75 Å².